The van der Waals surface area contributed by atoms with Crippen LogP contribution in [0.5, 0.6) is 11.5 Å². The van der Waals surface area contributed by atoms with E-state index in [0.29, 0.717) is 18.9 Å². The molecule has 0 saturated heterocycles. The molecule has 20 heavy (non-hydrogen) atoms. The van der Waals surface area contributed by atoms with Crippen molar-refractivity contribution in [2.75, 3.05) is 32.3 Å². The molecule has 0 heterocycles. The molecule has 0 atom stereocenters. The molecule has 1 amide bonds. The van der Waals surface area contributed by atoms with E-state index >= 15 is 0 Å². The van der Waals surface area contributed by atoms with Gasteiger partial charge in [-0.05, 0) is 24.3 Å². The number of rotatable bonds is 8. The monoisotopic (exact) mass is 301 g/mol. The van der Waals surface area contributed by atoms with E-state index < -0.39 is 9.84 Å². The SMILES string of the molecule is COc1ccc(OCCNC(=O)CCS(C)(=O)=O)cc1. The lowest BCUT2D eigenvalue weighted by atomic mass is 10.3. The van der Waals surface area contributed by atoms with Crippen molar-refractivity contribution in [3.63, 3.8) is 0 Å². The lowest BCUT2D eigenvalue weighted by molar-refractivity contribution is -0.120. The Morgan fingerprint density at radius 2 is 1.80 bits per heavy atom. The standard InChI is InChI=1S/C13H19NO5S/c1-18-11-3-5-12(6-4-11)19-9-8-14-13(15)7-10-20(2,16)17/h3-6H,7-10H2,1-2H3,(H,14,15). The molecule has 0 radical (unpaired) electrons. The molecule has 1 N–H and O–H groups in total. The second-order valence-corrected chi connectivity index (χ2v) is 6.51. The summed E-state index contributed by atoms with van der Waals surface area (Å²) >= 11 is 0. The summed E-state index contributed by atoms with van der Waals surface area (Å²) in [4.78, 5) is 11.3. The van der Waals surface area contributed by atoms with Gasteiger partial charge in [-0.3, -0.25) is 4.79 Å². The number of benzene rings is 1. The van der Waals surface area contributed by atoms with Crippen molar-refractivity contribution < 1.29 is 22.7 Å². The van der Waals surface area contributed by atoms with Gasteiger partial charge < -0.3 is 14.8 Å². The van der Waals surface area contributed by atoms with E-state index in [1.807, 2.05) is 0 Å². The Morgan fingerprint density at radius 1 is 1.20 bits per heavy atom. The average Bonchev–Trinajstić information content (AvgIpc) is 2.41. The number of sulfone groups is 1. The van der Waals surface area contributed by atoms with Crippen LogP contribution in [0.25, 0.3) is 0 Å². The van der Waals surface area contributed by atoms with Crippen molar-refractivity contribution in [2.45, 2.75) is 6.42 Å². The quantitative estimate of drug-likeness (QED) is 0.712. The molecule has 0 aliphatic rings. The maximum Gasteiger partial charge on any atom is 0.221 e. The summed E-state index contributed by atoms with van der Waals surface area (Å²) < 4.78 is 32.2. The molecular formula is C13H19NO5S. The normalized spacial score (nSPS) is 10.9. The maximum absolute atomic E-state index is 11.3. The van der Waals surface area contributed by atoms with Crippen LogP contribution in [0.3, 0.4) is 0 Å². The minimum Gasteiger partial charge on any atom is -0.497 e. The second kappa shape index (κ2) is 7.74. The van der Waals surface area contributed by atoms with Crippen LogP contribution in [0.15, 0.2) is 24.3 Å². The summed E-state index contributed by atoms with van der Waals surface area (Å²) in [7, 11) is -1.52. The first-order valence-corrected chi connectivity index (χ1v) is 8.18. The van der Waals surface area contributed by atoms with Gasteiger partial charge in [0.1, 0.15) is 27.9 Å². The molecule has 6 nitrogen and oxygen atoms in total. The molecule has 1 aromatic carbocycles. The Kier molecular flexibility index (Phi) is 6.30. The smallest absolute Gasteiger partial charge is 0.221 e. The van der Waals surface area contributed by atoms with Crippen LogP contribution >= 0.6 is 0 Å². The zero-order chi connectivity index (χ0) is 15.0. The zero-order valence-corrected chi connectivity index (χ0v) is 12.4. The number of carbonyl (C=O) groups excluding carboxylic acids is 1. The number of methoxy groups -OCH3 is 1. The maximum atomic E-state index is 11.3. The molecule has 0 saturated carbocycles. The first-order chi connectivity index (χ1) is 9.40. The van der Waals surface area contributed by atoms with Crippen LogP contribution in [0.2, 0.25) is 0 Å². The minimum atomic E-state index is -3.10. The van der Waals surface area contributed by atoms with Gasteiger partial charge in [0.15, 0.2) is 0 Å². The van der Waals surface area contributed by atoms with Crippen molar-refractivity contribution in [1.29, 1.82) is 0 Å². The van der Waals surface area contributed by atoms with Gasteiger partial charge in [0.25, 0.3) is 0 Å². The molecule has 1 aromatic rings. The molecule has 1 rings (SSSR count). The summed E-state index contributed by atoms with van der Waals surface area (Å²) in [6.45, 7) is 0.644. The van der Waals surface area contributed by atoms with Crippen LogP contribution in [-0.4, -0.2) is 46.6 Å². The summed E-state index contributed by atoms with van der Waals surface area (Å²) in [5, 5.41) is 2.59. The molecule has 0 bridgehead atoms. The van der Waals surface area contributed by atoms with Crippen LogP contribution in [-0.2, 0) is 14.6 Å². The molecule has 112 valence electrons. The van der Waals surface area contributed by atoms with E-state index in [9.17, 15) is 13.2 Å². The lowest BCUT2D eigenvalue weighted by Crippen LogP contribution is -2.29. The highest BCUT2D eigenvalue weighted by Gasteiger charge is 2.07. The molecule has 0 aliphatic carbocycles. The summed E-state index contributed by atoms with van der Waals surface area (Å²) in [6.07, 6.45) is 1.08. The number of ether oxygens (including phenoxy) is 2. The van der Waals surface area contributed by atoms with E-state index in [4.69, 9.17) is 9.47 Å². The molecule has 0 aliphatic heterocycles. The Labute approximate surface area is 119 Å². The largest absolute Gasteiger partial charge is 0.497 e. The fourth-order valence-electron chi connectivity index (χ4n) is 1.40. The van der Waals surface area contributed by atoms with Crippen LogP contribution in [0.1, 0.15) is 6.42 Å². The Hall–Kier alpha value is -1.76. The van der Waals surface area contributed by atoms with E-state index in [-0.39, 0.29) is 18.1 Å². The van der Waals surface area contributed by atoms with E-state index in [1.165, 1.54) is 0 Å². The third kappa shape index (κ3) is 6.98. The number of amides is 1. The van der Waals surface area contributed by atoms with Gasteiger partial charge in [-0.1, -0.05) is 0 Å². The van der Waals surface area contributed by atoms with Crippen molar-refractivity contribution in [3.05, 3.63) is 24.3 Å². The summed E-state index contributed by atoms with van der Waals surface area (Å²) in [5.74, 6) is 0.981. The first kappa shape index (κ1) is 16.3. The Bertz CT molecular complexity index is 524. The fourth-order valence-corrected chi connectivity index (χ4v) is 1.95. The van der Waals surface area contributed by atoms with Crippen molar-refractivity contribution in [2.24, 2.45) is 0 Å². The summed E-state index contributed by atoms with van der Waals surface area (Å²) in [6, 6.07) is 7.09. The van der Waals surface area contributed by atoms with E-state index in [2.05, 4.69) is 5.32 Å². The molecule has 0 fully saturated rings. The van der Waals surface area contributed by atoms with Gasteiger partial charge in [-0.2, -0.15) is 0 Å². The Morgan fingerprint density at radius 3 is 2.35 bits per heavy atom. The topological polar surface area (TPSA) is 81.7 Å². The average molecular weight is 301 g/mol. The Balaban J connectivity index is 2.19. The van der Waals surface area contributed by atoms with E-state index in [0.717, 1.165) is 12.0 Å². The van der Waals surface area contributed by atoms with E-state index in [1.54, 1.807) is 31.4 Å². The van der Waals surface area contributed by atoms with Gasteiger partial charge in [-0.15, -0.1) is 0 Å². The van der Waals surface area contributed by atoms with Crippen LogP contribution in [0.4, 0.5) is 0 Å². The molecule has 0 aromatic heterocycles. The molecule has 0 spiro atoms. The molecular weight excluding hydrogens is 282 g/mol. The predicted octanol–water partition coefficient (Wildman–Crippen LogP) is 0.625. The number of carbonyl (C=O) groups is 1. The zero-order valence-electron chi connectivity index (χ0n) is 11.6. The highest BCUT2D eigenvalue weighted by molar-refractivity contribution is 7.90. The van der Waals surface area contributed by atoms with Crippen LogP contribution in [0, 0.1) is 0 Å². The number of hydrogen-bond acceptors (Lipinski definition) is 5. The highest BCUT2D eigenvalue weighted by atomic mass is 32.2. The molecule has 0 unspecified atom stereocenters. The van der Waals surface area contributed by atoms with Crippen molar-refractivity contribution >= 4 is 15.7 Å². The molecule has 7 heteroatoms. The van der Waals surface area contributed by atoms with Crippen molar-refractivity contribution in [1.82, 2.24) is 5.32 Å². The van der Waals surface area contributed by atoms with Gasteiger partial charge >= 0.3 is 0 Å². The second-order valence-electron chi connectivity index (χ2n) is 4.25. The third-order valence-electron chi connectivity index (χ3n) is 2.45. The van der Waals surface area contributed by atoms with Gasteiger partial charge in [-0.25, -0.2) is 8.42 Å². The number of hydrogen-bond donors (Lipinski definition) is 1. The third-order valence-corrected chi connectivity index (χ3v) is 3.40. The van der Waals surface area contributed by atoms with Gasteiger partial charge in [0.05, 0.1) is 19.4 Å². The van der Waals surface area contributed by atoms with Crippen molar-refractivity contribution in [3.8, 4) is 11.5 Å². The fraction of sp³-hybridized carbons (Fsp3) is 0.462. The highest BCUT2D eigenvalue weighted by Crippen LogP contribution is 2.16. The van der Waals surface area contributed by atoms with Crippen LogP contribution < -0.4 is 14.8 Å². The minimum absolute atomic E-state index is 0.0264. The summed E-state index contributed by atoms with van der Waals surface area (Å²) in [5.41, 5.74) is 0. The lowest BCUT2D eigenvalue weighted by Gasteiger charge is -2.08. The first-order valence-electron chi connectivity index (χ1n) is 6.12. The number of nitrogens with one attached hydrogen (secondary N) is 1. The van der Waals surface area contributed by atoms with Gasteiger partial charge in [0, 0.05) is 12.7 Å². The predicted molar refractivity (Wildman–Crippen MR) is 75.8 cm³/mol. The van der Waals surface area contributed by atoms with Gasteiger partial charge in [0.2, 0.25) is 5.91 Å².